The standard InChI is InChI=1S/C28H39NO2/c1-19(2)20-10-12-23-21(16-20)11-13-25-27(3,14-7-15-28(23,25)4)18-29-17-22-8-6-9-24(31-5)26(22)30/h6,8-10,12,16,19,25,29-30H,7,11,13-15,17-18H2,1-5H3/t25-,27-,28+/m0/s1. The number of rotatable bonds is 6. The second kappa shape index (κ2) is 8.50. The molecule has 3 atom stereocenters. The van der Waals surface area contributed by atoms with E-state index in [4.69, 9.17) is 4.74 Å². The number of ether oxygens (including phenoxy) is 1. The molecular formula is C28H39NO2. The Kier molecular flexibility index (Phi) is 6.09. The first-order chi connectivity index (χ1) is 14.8. The van der Waals surface area contributed by atoms with Crippen LogP contribution in [0, 0.1) is 11.3 Å². The van der Waals surface area contributed by atoms with Gasteiger partial charge in [0, 0.05) is 18.7 Å². The summed E-state index contributed by atoms with van der Waals surface area (Å²) in [6.45, 7) is 11.2. The fraction of sp³-hybridized carbons (Fsp3) is 0.571. The zero-order valence-corrected chi connectivity index (χ0v) is 19.9. The Hall–Kier alpha value is -2.00. The van der Waals surface area contributed by atoms with Crippen LogP contribution in [0.4, 0.5) is 0 Å². The number of phenolic OH excluding ortho intramolecular Hbond substituents is 1. The van der Waals surface area contributed by atoms with Gasteiger partial charge in [0.1, 0.15) is 0 Å². The van der Waals surface area contributed by atoms with Gasteiger partial charge in [0.05, 0.1) is 7.11 Å². The van der Waals surface area contributed by atoms with Crippen LogP contribution in [0.5, 0.6) is 11.5 Å². The fourth-order valence-corrected chi connectivity index (χ4v) is 6.57. The van der Waals surface area contributed by atoms with Gasteiger partial charge >= 0.3 is 0 Å². The lowest BCUT2D eigenvalue weighted by molar-refractivity contribution is 0.0256. The van der Waals surface area contributed by atoms with E-state index in [0.29, 0.717) is 24.1 Å². The zero-order valence-electron chi connectivity index (χ0n) is 19.9. The van der Waals surface area contributed by atoms with E-state index < -0.39 is 0 Å². The number of phenols is 1. The van der Waals surface area contributed by atoms with E-state index in [1.54, 1.807) is 24.3 Å². The number of nitrogens with one attached hydrogen (secondary N) is 1. The van der Waals surface area contributed by atoms with Crippen LogP contribution in [0.3, 0.4) is 0 Å². The van der Waals surface area contributed by atoms with Gasteiger partial charge < -0.3 is 15.2 Å². The Morgan fingerprint density at radius 3 is 2.71 bits per heavy atom. The predicted octanol–water partition coefficient (Wildman–Crippen LogP) is 6.32. The number of methoxy groups -OCH3 is 1. The quantitative estimate of drug-likeness (QED) is 0.573. The maximum Gasteiger partial charge on any atom is 0.162 e. The molecule has 0 aliphatic heterocycles. The number of aromatic hydroxyl groups is 1. The van der Waals surface area contributed by atoms with Crippen molar-refractivity contribution in [1.29, 1.82) is 0 Å². The SMILES string of the molecule is COc1cccc(CNC[C@]2(C)CCC[C@]3(C)c4ccc(C(C)C)cc4CC[C@@H]23)c1O. The summed E-state index contributed by atoms with van der Waals surface area (Å²) in [4.78, 5) is 0. The molecule has 0 radical (unpaired) electrons. The highest BCUT2D eigenvalue weighted by Gasteiger charge is 2.51. The maximum atomic E-state index is 10.4. The van der Waals surface area contributed by atoms with Gasteiger partial charge in [0.15, 0.2) is 11.5 Å². The number of para-hydroxylation sites is 1. The molecule has 0 unspecified atom stereocenters. The molecule has 4 rings (SSSR count). The van der Waals surface area contributed by atoms with E-state index in [9.17, 15) is 5.11 Å². The summed E-state index contributed by atoms with van der Waals surface area (Å²) in [5.41, 5.74) is 6.08. The lowest BCUT2D eigenvalue weighted by Gasteiger charge is -2.55. The molecule has 0 bridgehead atoms. The summed E-state index contributed by atoms with van der Waals surface area (Å²) < 4.78 is 5.26. The topological polar surface area (TPSA) is 41.5 Å². The molecule has 168 valence electrons. The smallest absolute Gasteiger partial charge is 0.162 e. The van der Waals surface area contributed by atoms with E-state index >= 15 is 0 Å². The lowest BCUT2D eigenvalue weighted by Crippen LogP contribution is -2.52. The molecular weight excluding hydrogens is 382 g/mol. The van der Waals surface area contributed by atoms with Crippen LogP contribution in [0.15, 0.2) is 36.4 Å². The van der Waals surface area contributed by atoms with E-state index in [0.717, 1.165) is 12.1 Å². The van der Waals surface area contributed by atoms with Gasteiger partial charge in [-0.3, -0.25) is 0 Å². The van der Waals surface area contributed by atoms with Gasteiger partial charge in [-0.1, -0.05) is 64.4 Å². The monoisotopic (exact) mass is 421 g/mol. The number of fused-ring (bicyclic) bond motifs is 3. The van der Waals surface area contributed by atoms with Crippen LogP contribution in [0.1, 0.15) is 81.5 Å². The van der Waals surface area contributed by atoms with Crippen molar-refractivity contribution in [2.75, 3.05) is 13.7 Å². The Labute approximate surface area is 188 Å². The van der Waals surface area contributed by atoms with Gasteiger partial charge in [0.25, 0.3) is 0 Å². The summed E-state index contributed by atoms with van der Waals surface area (Å²) in [7, 11) is 1.60. The number of hydrogen-bond donors (Lipinski definition) is 2. The van der Waals surface area contributed by atoms with E-state index in [1.807, 2.05) is 12.1 Å². The van der Waals surface area contributed by atoms with Crippen molar-refractivity contribution >= 4 is 0 Å². The normalized spacial score (nSPS) is 27.6. The van der Waals surface area contributed by atoms with Crippen LogP contribution >= 0.6 is 0 Å². The Morgan fingerprint density at radius 2 is 1.97 bits per heavy atom. The second-order valence-corrected chi connectivity index (χ2v) is 10.7. The molecule has 2 aromatic rings. The van der Waals surface area contributed by atoms with Gasteiger partial charge in [-0.2, -0.15) is 0 Å². The van der Waals surface area contributed by atoms with Gasteiger partial charge in [0.2, 0.25) is 0 Å². The van der Waals surface area contributed by atoms with Crippen molar-refractivity contribution in [3.63, 3.8) is 0 Å². The number of hydrogen-bond acceptors (Lipinski definition) is 3. The third kappa shape index (κ3) is 3.98. The summed E-state index contributed by atoms with van der Waals surface area (Å²) in [6.07, 6.45) is 6.30. The largest absolute Gasteiger partial charge is 0.504 e. The minimum atomic E-state index is 0.253. The van der Waals surface area contributed by atoms with Crippen molar-refractivity contribution in [2.45, 2.75) is 77.7 Å². The first-order valence-corrected chi connectivity index (χ1v) is 12.0. The highest BCUT2D eigenvalue weighted by molar-refractivity contribution is 5.45. The molecule has 0 heterocycles. The third-order valence-corrected chi connectivity index (χ3v) is 8.31. The van der Waals surface area contributed by atoms with Crippen LogP contribution in [-0.2, 0) is 18.4 Å². The van der Waals surface area contributed by atoms with Crippen LogP contribution in [0.25, 0.3) is 0 Å². The highest BCUT2D eigenvalue weighted by Crippen LogP contribution is 2.57. The molecule has 2 N–H and O–H groups in total. The van der Waals surface area contributed by atoms with Gasteiger partial charge in [-0.25, -0.2) is 0 Å². The maximum absolute atomic E-state index is 10.4. The molecule has 1 fully saturated rings. The fourth-order valence-electron chi connectivity index (χ4n) is 6.57. The summed E-state index contributed by atoms with van der Waals surface area (Å²) in [5, 5.41) is 14.1. The molecule has 31 heavy (non-hydrogen) atoms. The highest BCUT2D eigenvalue weighted by atomic mass is 16.5. The molecule has 3 heteroatoms. The minimum Gasteiger partial charge on any atom is -0.504 e. The van der Waals surface area contributed by atoms with Crippen LogP contribution in [0.2, 0.25) is 0 Å². The molecule has 2 aliphatic rings. The van der Waals surface area contributed by atoms with Gasteiger partial charge in [-0.15, -0.1) is 0 Å². The van der Waals surface area contributed by atoms with Gasteiger partial charge in [-0.05, 0) is 71.1 Å². The van der Waals surface area contributed by atoms with Crippen molar-refractivity contribution < 1.29 is 9.84 Å². The second-order valence-electron chi connectivity index (χ2n) is 10.7. The first kappa shape index (κ1) is 22.2. The average Bonchev–Trinajstić information content (AvgIpc) is 2.74. The summed E-state index contributed by atoms with van der Waals surface area (Å²) in [5.74, 6) is 2.06. The Bertz CT molecular complexity index is 937. The van der Waals surface area contributed by atoms with Crippen molar-refractivity contribution in [1.82, 2.24) is 5.32 Å². The predicted molar refractivity (Wildman–Crippen MR) is 128 cm³/mol. The van der Waals surface area contributed by atoms with E-state index in [1.165, 1.54) is 37.7 Å². The molecule has 2 aromatic carbocycles. The number of aryl methyl sites for hydroxylation is 1. The van der Waals surface area contributed by atoms with Crippen LogP contribution < -0.4 is 10.1 Å². The summed E-state index contributed by atoms with van der Waals surface area (Å²) >= 11 is 0. The molecule has 0 amide bonds. The average molecular weight is 422 g/mol. The van der Waals surface area contributed by atoms with Crippen molar-refractivity contribution in [3.05, 3.63) is 58.7 Å². The third-order valence-electron chi connectivity index (χ3n) is 8.31. The van der Waals surface area contributed by atoms with Crippen molar-refractivity contribution in [2.24, 2.45) is 11.3 Å². The number of benzene rings is 2. The lowest BCUT2D eigenvalue weighted by atomic mass is 9.49. The molecule has 1 saturated carbocycles. The molecule has 3 nitrogen and oxygen atoms in total. The van der Waals surface area contributed by atoms with E-state index in [2.05, 4.69) is 51.2 Å². The molecule has 0 saturated heterocycles. The molecule has 0 aromatic heterocycles. The van der Waals surface area contributed by atoms with Crippen molar-refractivity contribution in [3.8, 4) is 11.5 Å². The molecule has 2 aliphatic carbocycles. The van der Waals surface area contributed by atoms with E-state index in [-0.39, 0.29) is 16.6 Å². The first-order valence-electron chi connectivity index (χ1n) is 12.0. The van der Waals surface area contributed by atoms with Crippen LogP contribution in [-0.4, -0.2) is 18.8 Å². The minimum absolute atomic E-state index is 0.253. The zero-order chi connectivity index (χ0) is 22.2. The Morgan fingerprint density at radius 1 is 1.16 bits per heavy atom. The Balaban J connectivity index is 1.52. The molecule has 0 spiro atoms. The summed E-state index contributed by atoms with van der Waals surface area (Å²) in [6, 6.07) is 13.0.